The van der Waals surface area contributed by atoms with Crippen molar-refractivity contribution in [3.05, 3.63) is 47.5 Å². The van der Waals surface area contributed by atoms with Crippen LogP contribution in [0, 0.1) is 0 Å². The number of aromatic carboxylic acids is 1. The average Bonchev–Trinajstić information content (AvgIpc) is 2.38. The maximum Gasteiger partial charge on any atom is 0.342 e. The summed E-state index contributed by atoms with van der Waals surface area (Å²) in [6.45, 7) is 6.19. The van der Waals surface area contributed by atoms with Gasteiger partial charge in [0, 0.05) is 12.5 Å². The first kappa shape index (κ1) is 15.4. The Morgan fingerprint density at radius 1 is 1.15 bits per heavy atom. The molecule has 20 heavy (non-hydrogen) atoms. The van der Waals surface area contributed by atoms with Crippen LogP contribution in [0.5, 0.6) is 0 Å². The minimum absolute atomic E-state index is 0.113. The largest absolute Gasteiger partial charge is 0.478 e. The third-order valence-corrected chi connectivity index (χ3v) is 2.27. The first-order chi connectivity index (χ1) is 9.32. The van der Waals surface area contributed by atoms with Crippen LogP contribution in [0.25, 0.3) is 0 Å². The number of carboxylic acid groups (broad SMARTS) is 1. The molecule has 1 aromatic rings. The Bertz CT molecular complexity index is 561. The summed E-state index contributed by atoms with van der Waals surface area (Å²) in [7, 11) is 0. The molecule has 0 heterocycles. The van der Waals surface area contributed by atoms with E-state index < -0.39 is 24.2 Å². The first-order valence-corrected chi connectivity index (χ1v) is 5.72. The predicted octanol–water partition coefficient (Wildman–Crippen LogP) is 2.01. The zero-order valence-corrected chi connectivity index (χ0v) is 11.1. The van der Waals surface area contributed by atoms with Crippen molar-refractivity contribution in [2.24, 2.45) is 0 Å². The molecule has 0 aliphatic rings. The molecule has 0 aliphatic heterocycles. The highest BCUT2D eigenvalue weighted by Crippen LogP contribution is 2.12. The van der Waals surface area contributed by atoms with Gasteiger partial charge in [0.2, 0.25) is 6.29 Å². The zero-order chi connectivity index (χ0) is 15.3. The van der Waals surface area contributed by atoms with E-state index in [1.54, 1.807) is 0 Å². The lowest BCUT2D eigenvalue weighted by Gasteiger charge is -2.14. The van der Waals surface area contributed by atoms with Crippen LogP contribution < -0.4 is 0 Å². The summed E-state index contributed by atoms with van der Waals surface area (Å²) in [6, 6.07) is 5.60. The predicted molar refractivity (Wildman–Crippen MR) is 69.2 cm³/mol. The maximum absolute atomic E-state index is 11.8. The van der Waals surface area contributed by atoms with Crippen molar-refractivity contribution in [3.63, 3.8) is 0 Å². The molecule has 1 unspecified atom stereocenters. The number of hydrogen-bond donors (Lipinski definition) is 1. The van der Waals surface area contributed by atoms with E-state index in [1.807, 2.05) is 0 Å². The molecule has 0 bridgehead atoms. The van der Waals surface area contributed by atoms with Gasteiger partial charge in [-0.15, -0.1) is 0 Å². The standard InChI is InChI=1S/C14H14O6/c1-8(2)13(17)19-9(3)20-14(18)11-7-5-4-6-10(11)12(15)16/h4-7,9H,1H2,2-3H3,(H,15,16). The summed E-state index contributed by atoms with van der Waals surface area (Å²) in [6.07, 6.45) is -1.14. The van der Waals surface area contributed by atoms with Gasteiger partial charge in [-0.1, -0.05) is 18.7 Å². The van der Waals surface area contributed by atoms with Crippen molar-refractivity contribution in [2.75, 3.05) is 0 Å². The molecule has 1 aromatic carbocycles. The van der Waals surface area contributed by atoms with Gasteiger partial charge in [-0.2, -0.15) is 0 Å². The van der Waals surface area contributed by atoms with E-state index in [4.69, 9.17) is 14.6 Å². The molecule has 1 N–H and O–H groups in total. The van der Waals surface area contributed by atoms with Crippen molar-refractivity contribution < 1.29 is 29.0 Å². The smallest absolute Gasteiger partial charge is 0.342 e. The molecule has 6 heteroatoms. The fraction of sp³-hybridized carbons (Fsp3) is 0.214. The van der Waals surface area contributed by atoms with Gasteiger partial charge >= 0.3 is 17.9 Å². The lowest BCUT2D eigenvalue weighted by Crippen LogP contribution is -2.23. The van der Waals surface area contributed by atoms with E-state index in [1.165, 1.54) is 38.1 Å². The molecule has 0 spiro atoms. The third-order valence-electron chi connectivity index (χ3n) is 2.27. The Balaban J connectivity index is 2.79. The van der Waals surface area contributed by atoms with Crippen LogP contribution in [0.3, 0.4) is 0 Å². The Hall–Kier alpha value is -2.63. The molecule has 1 atom stereocenters. The minimum Gasteiger partial charge on any atom is -0.478 e. The number of benzene rings is 1. The summed E-state index contributed by atoms with van der Waals surface area (Å²) in [4.78, 5) is 34.0. The van der Waals surface area contributed by atoms with Crippen molar-refractivity contribution in [2.45, 2.75) is 20.1 Å². The molecular weight excluding hydrogens is 264 g/mol. The number of rotatable bonds is 5. The van der Waals surface area contributed by atoms with Gasteiger partial charge < -0.3 is 14.6 Å². The number of carbonyl (C=O) groups is 3. The van der Waals surface area contributed by atoms with E-state index >= 15 is 0 Å². The zero-order valence-electron chi connectivity index (χ0n) is 11.1. The Morgan fingerprint density at radius 3 is 2.20 bits per heavy atom. The van der Waals surface area contributed by atoms with Crippen LogP contribution in [0.4, 0.5) is 0 Å². The molecular formula is C14H14O6. The molecule has 106 valence electrons. The van der Waals surface area contributed by atoms with Gasteiger partial charge in [0.25, 0.3) is 0 Å². The normalized spacial score (nSPS) is 11.3. The average molecular weight is 278 g/mol. The SMILES string of the molecule is C=C(C)C(=O)OC(C)OC(=O)c1ccccc1C(=O)O. The third kappa shape index (κ3) is 3.94. The fourth-order valence-corrected chi connectivity index (χ4v) is 1.34. The minimum atomic E-state index is -1.25. The Labute approximate surface area is 115 Å². The highest BCUT2D eigenvalue weighted by Gasteiger charge is 2.20. The van der Waals surface area contributed by atoms with Gasteiger partial charge in [0.1, 0.15) is 0 Å². The first-order valence-electron chi connectivity index (χ1n) is 5.72. The molecule has 0 saturated carbocycles. The fourth-order valence-electron chi connectivity index (χ4n) is 1.34. The second-order valence-electron chi connectivity index (χ2n) is 4.01. The molecule has 0 radical (unpaired) electrons. The number of carbonyl (C=O) groups excluding carboxylic acids is 2. The van der Waals surface area contributed by atoms with Crippen LogP contribution in [0.1, 0.15) is 34.6 Å². The summed E-state index contributed by atoms with van der Waals surface area (Å²) in [5, 5.41) is 8.96. The number of carboxylic acids is 1. The van der Waals surface area contributed by atoms with Crippen LogP contribution in [-0.2, 0) is 14.3 Å². The van der Waals surface area contributed by atoms with E-state index in [-0.39, 0.29) is 16.7 Å². The monoisotopic (exact) mass is 278 g/mol. The topological polar surface area (TPSA) is 89.9 Å². The van der Waals surface area contributed by atoms with Crippen LogP contribution in [0.15, 0.2) is 36.4 Å². The van der Waals surface area contributed by atoms with Gasteiger partial charge in [0.05, 0.1) is 11.1 Å². The molecule has 0 amide bonds. The van der Waals surface area contributed by atoms with Gasteiger partial charge in [-0.05, 0) is 19.1 Å². The number of hydrogen-bond acceptors (Lipinski definition) is 5. The summed E-state index contributed by atoms with van der Waals surface area (Å²) < 4.78 is 9.64. The molecule has 0 fully saturated rings. The van der Waals surface area contributed by atoms with Crippen LogP contribution in [-0.4, -0.2) is 29.3 Å². The Morgan fingerprint density at radius 2 is 1.70 bits per heavy atom. The lowest BCUT2D eigenvalue weighted by atomic mass is 10.1. The molecule has 1 rings (SSSR count). The number of ether oxygens (including phenoxy) is 2. The van der Waals surface area contributed by atoms with E-state index in [9.17, 15) is 14.4 Å². The quantitative estimate of drug-likeness (QED) is 0.503. The lowest BCUT2D eigenvalue weighted by molar-refractivity contribution is -0.160. The van der Waals surface area contributed by atoms with E-state index in [2.05, 4.69) is 6.58 Å². The van der Waals surface area contributed by atoms with E-state index in [0.29, 0.717) is 0 Å². The summed E-state index contributed by atoms with van der Waals surface area (Å²) >= 11 is 0. The van der Waals surface area contributed by atoms with Crippen molar-refractivity contribution in [1.82, 2.24) is 0 Å². The highest BCUT2D eigenvalue weighted by molar-refractivity contribution is 6.02. The van der Waals surface area contributed by atoms with Crippen LogP contribution >= 0.6 is 0 Å². The van der Waals surface area contributed by atoms with Crippen molar-refractivity contribution in [3.8, 4) is 0 Å². The second-order valence-corrected chi connectivity index (χ2v) is 4.01. The molecule has 0 saturated heterocycles. The summed E-state index contributed by atoms with van der Waals surface area (Å²) in [5.41, 5.74) is -0.131. The molecule has 0 aromatic heterocycles. The Kier molecular flexibility index (Phi) is 5.02. The highest BCUT2D eigenvalue weighted by atomic mass is 16.7. The van der Waals surface area contributed by atoms with E-state index in [0.717, 1.165) is 0 Å². The molecule has 6 nitrogen and oxygen atoms in total. The number of esters is 2. The van der Waals surface area contributed by atoms with Crippen LogP contribution in [0.2, 0.25) is 0 Å². The maximum atomic E-state index is 11.8. The van der Waals surface area contributed by atoms with Crippen molar-refractivity contribution in [1.29, 1.82) is 0 Å². The second kappa shape index (κ2) is 6.51. The molecule has 0 aliphatic carbocycles. The van der Waals surface area contributed by atoms with Gasteiger partial charge in [-0.3, -0.25) is 0 Å². The summed E-state index contributed by atoms with van der Waals surface area (Å²) in [5.74, 6) is -2.83. The van der Waals surface area contributed by atoms with Crippen molar-refractivity contribution >= 4 is 17.9 Å². The van der Waals surface area contributed by atoms with Gasteiger partial charge in [0.15, 0.2) is 0 Å². The van der Waals surface area contributed by atoms with Gasteiger partial charge in [-0.25, -0.2) is 14.4 Å².